The van der Waals surface area contributed by atoms with Gasteiger partial charge in [0.25, 0.3) is 5.56 Å². The van der Waals surface area contributed by atoms with Gasteiger partial charge in [-0.1, -0.05) is 6.07 Å². The van der Waals surface area contributed by atoms with Crippen molar-refractivity contribution >= 4 is 16.7 Å². The van der Waals surface area contributed by atoms with E-state index in [0.29, 0.717) is 42.0 Å². The molecular formula is C24H25F3N6O. The molecule has 3 aromatic rings. The Morgan fingerprint density at radius 1 is 1.12 bits per heavy atom. The van der Waals surface area contributed by atoms with E-state index in [4.69, 9.17) is 0 Å². The van der Waals surface area contributed by atoms with Crippen LogP contribution in [-0.4, -0.2) is 44.6 Å². The Kier molecular flexibility index (Phi) is 6.08. The number of anilines is 1. The van der Waals surface area contributed by atoms with Gasteiger partial charge in [-0.3, -0.25) is 9.69 Å². The van der Waals surface area contributed by atoms with E-state index in [2.05, 4.69) is 25.8 Å². The molecule has 4 heterocycles. The van der Waals surface area contributed by atoms with Crippen LogP contribution in [0, 0.1) is 18.3 Å². The molecule has 0 aromatic carbocycles. The molecule has 4 rings (SSSR count). The number of nitriles is 1. The van der Waals surface area contributed by atoms with E-state index >= 15 is 0 Å². The Balaban J connectivity index is 1.62. The maximum atomic E-state index is 13.0. The van der Waals surface area contributed by atoms with Crippen LogP contribution in [0.1, 0.15) is 36.5 Å². The molecule has 0 aliphatic carbocycles. The molecule has 7 nitrogen and oxygen atoms in total. The molecule has 1 aliphatic heterocycles. The summed E-state index contributed by atoms with van der Waals surface area (Å²) in [4.78, 5) is 25.2. The summed E-state index contributed by atoms with van der Waals surface area (Å²) >= 11 is 0. The summed E-state index contributed by atoms with van der Waals surface area (Å²) in [5, 5.41) is 9.31. The van der Waals surface area contributed by atoms with Crippen LogP contribution in [0.25, 0.3) is 11.0 Å². The second-order valence-electron chi connectivity index (χ2n) is 8.82. The first-order valence-corrected chi connectivity index (χ1v) is 10.9. The fraction of sp³-hybridized carbons (Fsp3) is 0.417. The highest BCUT2D eigenvalue weighted by Gasteiger charge is 2.34. The van der Waals surface area contributed by atoms with E-state index in [1.54, 1.807) is 32.2 Å². The number of alkyl halides is 3. The van der Waals surface area contributed by atoms with Crippen LogP contribution < -0.4 is 10.5 Å². The molecule has 1 fully saturated rings. The molecular weight excluding hydrogens is 445 g/mol. The lowest BCUT2D eigenvalue weighted by Gasteiger charge is -2.45. The fourth-order valence-corrected chi connectivity index (χ4v) is 4.48. The minimum atomic E-state index is -4.47. The smallest absolute Gasteiger partial charge is 0.364 e. The van der Waals surface area contributed by atoms with E-state index in [9.17, 15) is 23.2 Å². The van der Waals surface area contributed by atoms with Crippen molar-refractivity contribution in [1.82, 2.24) is 19.4 Å². The van der Waals surface area contributed by atoms with Crippen molar-refractivity contribution in [3.05, 3.63) is 63.3 Å². The van der Waals surface area contributed by atoms with E-state index in [1.807, 2.05) is 13.8 Å². The zero-order chi connectivity index (χ0) is 24.8. The van der Waals surface area contributed by atoms with Gasteiger partial charge in [-0.25, -0.2) is 9.97 Å². The molecule has 0 bridgehead atoms. The Morgan fingerprint density at radius 2 is 1.85 bits per heavy atom. The average Bonchev–Trinajstić information content (AvgIpc) is 2.78. The van der Waals surface area contributed by atoms with Gasteiger partial charge in [0.05, 0.1) is 11.2 Å². The van der Waals surface area contributed by atoms with Crippen molar-refractivity contribution in [1.29, 1.82) is 5.26 Å². The average molecular weight is 470 g/mol. The molecule has 34 heavy (non-hydrogen) atoms. The molecule has 0 spiro atoms. The molecule has 10 heteroatoms. The standard InChI is InChI=1S/C24H25F3N6O/c1-14-12-33(20-9-22(34)31(4)19-7-6-18(10-28)30-23(19)20)15(2)11-32(14)13-17-5-8-21(24(25,26)27)29-16(17)3/h5-9,14-15H,11-13H2,1-4H3/t14-,15+/m1/s1. The maximum absolute atomic E-state index is 13.0. The highest BCUT2D eigenvalue weighted by molar-refractivity contribution is 5.89. The van der Waals surface area contributed by atoms with Crippen molar-refractivity contribution < 1.29 is 13.2 Å². The number of nitrogens with zero attached hydrogens (tertiary/aromatic N) is 6. The second-order valence-corrected chi connectivity index (χ2v) is 8.82. The van der Waals surface area contributed by atoms with E-state index in [1.165, 1.54) is 10.6 Å². The monoisotopic (exact) mass is 470 g/mol. The van der Waals surface area contributed by atoms with Gasteiger partial charge in [-0.2, -0.15) is 18.4 Å². The number of aromatic nitrogens is 3. The highest BCUT2D eigenvalue weighted by atomic mass is 19.4. The molecule has 178 valence electrons. The number of rotatable bonds is 3. The summed E-state index contributed by atoms with van der Waals surface area (Å²) < 4.78 is 40.4. The molecule has 1 saturated heterocycles. The number of pyridine rings is 3. The first kappa shape index (κ1) is 23.7. The van der Waals surface area contributed by atoms with Gasteiger partial charge in [0.15, 0.2) is 0 Å². The molecule has 0 saturated carbocycles. The number of hydrogen-bond acceptors (Lipinski definition) is 6. The van der Waals surface area contributed by atoms with Gasteiger partial charge in [0.1, 0.15) is 23.0 Å². The van der Waals surface area contributed by atoms with Crippen LogP contribution >= 0.6 is 0 Å². The van der Waals surface area contributed by atoms with Crippen LogP contribution in [-0.2, 0) is 19.8 Å². The Bertz CT molecular complexity index is 1340. The van der Waals surface area contributed by atoms with Crippen LogP contribution in [0.5, 0.6) is 0 Å². The number of fused-ring (bicyclic) bond motifs is 1. The van der Waals surface area contributed by atoms with Crippen molar-refractivity contribution in [2.24, 2.45) is 7.05 Å². The molecule has 0 radical (unpaired) electrons. The molecule has 1 aliphatic rings. The summed E-state index contributed by atoms with van der Waals surface area (Å²) in [7, 11) is 1.67. The van der Waals surface area contributed by atoms with Gasteiger partial charge in [0.2, 0.25) is 0 Å². The number of halogens is 3. The van der Waals surface area contributed by atoms with E-state index in [0.717, 1.165) is 11.6 Å². The van der Waals surface area contributed by atoms with Gasteiger partial charge >= 0.3 is 6.18 Å². The van der Waals surface area contributed by atoms with Crippen molar-refractivity contribution in [2.75, 3.05) is 18.0 Å². The third kappa shape index (κ3) is 4.35. The highest BCUT2D eigenvalue weighted by Crippen LogP contribution is 2.31. The summed E-state index contributed by atoms with van der Waals surface area (Å²) in [6.45, 7) is 7.38. The lowest BCUT2D eigenvalue weighted by atomic mass is 10.0. The third-order valence-electron chi connectivity index (χ3n) is 6.47. The summed E-state index contributed by atoms with van der Waals surface area (Å²) in [6.07, 6.45) is -4.47. The molecule has 0 N–H and O–H groups in total. The van der Waals surface area contributed by atoms with Crippen LogP contribution in [0.2, 0.25) is 0 Å². The van der Waals surface area contributed by atoms with Crippen molar-refractivity contribution in [2.45, 2.75) is 45.6 Å². The lowest BCUT2D eigenvalue weighted by Crippen LogP contribution is -2.56. The van der Waals surface area contributed by atoms with Gasteiger partial charge < -0.3 is 9.47 Å². The quantitative estimate of drug-likeness (QED) is 0.582. The zero-order valence-corrected chi connectivity index (χ0v) is 19.4. The van der Waals surface area contributed by atoms with E-state index in [-0.39, 0.29) is 23.3 Å². The van der Waals surface area contributed by atoms with E-state index < -0.39 is 11.9 Å². The fourth-order valence-electron chi connectivity index (χ4n) is 4.48. The Hall–Kier alpha value is -3.45. The van der Waals surface area contributed by atoms with Gasteiger partial charge in [-0.05, 0) is 44.5 Å². The molecule has 0 amide bonds. The van der Waals surface area contributed by atoms with Crippen LogP contribution in [0.4, 0.5) is 18.9 Å². The Labute approximate surface area is 195 Å². The summed E-state index contributed by atoms with van der Waals surface area (Å²) in [6, 6.07) is 9.51. The summed E-state index contributed by atoms with van der Waals surface area (Å²) in [5.41, 5.74) is 2.26. The van der Waals surface area contributed by atoms with Crippen molar-refractivity contribution in [3.63, 3.8) is 0 Å². The SMILES string of the molecule is Cc1nc(C(F)(F)F)ccc1CN1C[C@H](C)N(c2cc(=O)n(C)c3ccc(C#N)nc23)C[C@H]1C. The predicted molar refractivity (Wildman–Crippen MR) is 122 cm³/mol. The normalized spacial score (nSPS) is 19.4. The minimum absolute atomic E-state index is 0.00163. The Morgan fingerprint density at radius 3 is 2.50 bits per heavy atom. The molecule has 3 aromatic heterocycles. The molecule has 0 unspecified atom stereocenters. The maximum Gasteiger partial charge on any atom is 0.433 e. The van der Waals surface area contributed by atoms with Gasteiger partial charge in [0, 0.05) is 50.5 Å². The first-order valence-electron chi connectivity index (χ1n) is 10.9. The number of hydrogen-bond donors (Lipinski definition) is 0. The summed E-state index contributed by atoms with van der Waals surface area (Å²) in [5.74, 6) is 0. The number of piperazine rings is 1. The lowest BCUT2D eigenvalue weighted by molar-refractivity contribution is -0.141. The molecule has 2 atom stereocenters. The zero-order valence-electron chi connectivity index (χ0n) is 19.4. The first-order chi connectivity index (χ1) is 16.0. The predicted octanol–water partition coefficient (Wildman–Crippen LogP) is 3.63. The minimum Gasteiger partial charge on any atom is -0.364 e. The number of aryl methyl sites for hydroxylation is 2. The largest absolute Gasteiger partial charge is 0.433 e. The topological polar surface area (TPSA) is 78.0 Å². The van der Waals surface area contributed by atoms with Gasteiger partial charge in [-0.15, -0.1) is 0 Å². The third-order valence-corrected chi connectivity index (χ3v) is 6.47. The van der Waals surface area contributed by atoms with Crippen LogP contribution in [0.15, 0.2) is 35.1 Å². The van der Waals surface area contributed by atoms with Crippen molar-refractivity contribution in [3.8, 4) is 6.07 Å². The second kappa shape index (κ2) is 8.72. The van der Waals surface area contributed by atoms with Crippen LogP contribution in [0.3, 0.4) is 0 Å².